The van der Waals surface area contributed by atoms with Gasteiger partial charge in [0, 0.05) is 16.6 Å². The number of hydrogen-bond donors (Lipinski definition) is 2. The topological polar surface area (TPSA) is 93.5 Å². The Hall–Kier alpha value is -3.13. The standard InChI is InChI=1S/C26H30BrN3O4/c1-2-3-4-8-15-28-25(31)22(30-26(32)33-18-19-9-6-5-7-10-19)16-24-29-17-23(34-24)20-11-13-21(27)14-12-20/h5-7,9-14,17,22H,2-4,8,15-16,18H2,1H3,(H,28,31)(H,30,32)/t22-/m0/s1. The zero-order valence-electron chi connectivity index (χ0n) is 19.3. The summed E-state index contributed by atoms with van der Waals surface area (Å²) >= 11 is 3.41. The van der Waals surface area contributed by atoms with Gasteiger partial charge in [-0.1, -0.05) is 84.6 Å². The number of alkyl carbamates (subject to hydrolysis) is 1. The van der Waals surface area contributed by atoms with Crippen LogP contribution in [0.5, 0.6) is 0 Å². The first-order valence-corrected chi connectivity index (χ1v) is 12.3. The second-order valence-corrected chi connectivity index (χ2v) is 8.86. The van der Waals surface area contributed by atoms with Crippen molar-refractivity contribution in [2.24, 2.45) is 0 Å². The van der Waals surface area contributed by atoms with Crippen molar-refractivity contribution in [1.82, 2.24) is 15.6 Å². The molecule has 0 spiro atoms. The number of oxazole rings is 1. The van der Waals surface area contributed by atoms with Crippen molar-refractivity contribution >= 4 is 27.9 Å². The van der Waals surface area contributed by atoms with E-state index in [1.54, 1.807) is 6.20 Å². The highest BCUT2D eigenvalue weighted by Gasteiger charge is 2.24. The van der Waals surface area contributed by atoms with E-state index in [1.165, 1.54) is 0 Å². The molecule has 3 aromatic rings. The molecule has 8 heteroatoms. The lowest BCUT2D eigenvalue weighted by atomic mass is 10.1. The zero-order chi connectivity index (χ0) is 24.2. The Morgan fingerprint density at radius 1 is 1.06 bits per heavy atom. The summed E-state index contributed by atoms with van der Waals surface area (Å²) in [6, 6.07) is 16.1. The van der Waals surface area contributed by atoms with Crippen molar-refractivity contribution in [2.75, 3.05) is 6.54 Å². The van der Waals surface area contributed by atoms with E-state index in [4.69, 9.17) is 9.15 Å². The molecule has 0 saturated carbocycles. The van der Waals surface area contributed by atoms with Crippen LogP contribution in [-0.4, -0.2) is 29.6 Å². The predicted octanol–water partition coefficient (Wildman–Crippen LogP) is 5.64. The number of ether oxygens (including phenoxy) is 1. The van der Waals surface area contributed by atoms with E-state index < -0.39 is 12.1 Å². The first kappa shape index (κ1) is 25.5. The maximum absolute atomic E-state index is 12.8. The Balaban J connectivity index is 1.62. The molecule has 2 N–H and O–H groups in total. The summed E-state index contributed by atoms with van der Waals surface area (Å²) in [6.45, 7) is 2.80. The molecule has 1 atom stereocenters. The molecular weight excluding hydrogens is 498 g/mol. The van der Waals surface area contributed by atoms with E-state index in [-0.39, 0.29) is 18.9 Å². The van der Waals surface area contributed by atoms with Crippen LogP contribution in [0.2, 0.25) is 0 Å². The lowest BCUT2D eigenvalue weighted by Gasteiger charge is -2.17. The molecule has 0 aliphatic heterocycles. The van der Waals surface area contributed by atoms with Crippen LogP contribution in [0.25, 0.3) is 11.3 Å². The molecule has 7 nitrogen and oxygen atoms in total. The molecule has 0 radical (unpaired) electrons. The number of rotatable bonds is 12. The summed E-state index contributed by atoms with van der Waals surface area (Å²) in [6.07, 6.45) is 5.23. The fourth-order valence-electron chi connectivity index (χ4n) is 3.33. The Morgan fingerprint density at radius 3 is 2.56 bits per heavy atom. The largest absolute Gasteiger partial charge is 0.445 e. The minimum absolute atomic E-state index is 0.109. The third kappa shape index (κ3) is 8.33. The molecule has 0 fully saturated rings. The SMILES string of the molecule is CCCCCCNC(=O)[C@H](Cc1ncc(-c2ccc(Br)cc2)o1)NC(=O)OCc1ccccc1. The Bertz CT molecular complexity index is 1040. The lowest BCUT2D eigenvalue weighted by molar-refractivity contribution is -0.123. The average molecular weight is 528 g/mol. The fourth-order valence-corrected chi connectivity index (χ4v) is 3.59. The number of unbranched alkanes of at least 4 members (excludes halogenated alkanes) is 3. The smallest absolute Gasteiger partial charge is 0.408 e. The van der Waals surface area contributed by atoms with Crippen LogP contribution < -0.4 is 10.6 Å². The van der Waals surface area contributed by atoms with Crippen LogP contribution in [0.15, 0.2) is 69.7 Å². The number of nitrogens with one attached hydrogen (secondary N) is 2. The van der Waals surface area contributed by atoms with Crippen molar-refractivity contribution in [2.45, 2.75) is 51.7 Å². The lowest BCUT2D eigenvalue weighted by Crippen LogP contribution is -2.48. The molecule has 2 aromatic carbocycles. The number of benzene rings is 2. The fraction of sp³-hybridized carbons (Fsp3) is 0.346. The molecule has 1 heterocycles. The third-order valence-corrected chi connectivity index (χ3v) is 5.74. The highest BCUT2D eigenvalue weighted by molar-refractivity contribution is 9.10. The monoisotopic (exact) mass is 527 g/mol. The molecule has 0 aliphatic rings. The minimum atomic E-state index is -0.870. The molecular formula is C26H30BrN3O4. The van der Waals surface area contributed by atoms with Crippen LogP contribution in [0.4, 0.5) is 4.79 Å². The van der Waals surface area contributed by atoms with Gasteiger partial charge < -0.3 is 19.8 Å². The van der Waals surface area contributed by atoms with E-state index in [0.29, 0.717) is 18.2 Å². The molecule has 3 rings (SSSR count). The number of hydrogen-bond acceptors (Lipinski definition) is 5. The predicted molar refractivity (Wildman–Crippen MR) is 134 cm³/mol. The summed E-state index contributed by atoms with van der Waals surface area (Å²) in [7, 11) is 0. The van der Waals surface area contributed by atoms with Gasteiger partial charge in [-0.25, -0.2) is 9.78 Å². The number of aromatic nitrogens is 1. The van der Waals surface area contributed by atoms with Gasteiger partial charge in [0.2, 0.25) is 5.91 Å². The van der Waals surface area contributed by atoms with Gasteiger partial charge in [-0.3, -0.25) is 4.79 Å². The molecule has 34 heavy (non-hydrogen) atoms. The van der Waals surface area contributed by atoms with E-state index in [2.05, 4.69) is 38.5 Å². The zero-order valence-corrected chi connectivity index (χ0v) is 20.8. The first-order valence-electron chi connectivity index (χ1n) is 11.5. The second-order valence-electron chi connectivity index (χ2n) is 7.94. The van der Waals surface area contributed by atoms with Crippen LogP contribution in [0.1, 0.15) is 44.1 Å². The molecule has 1 aromatic heterocycles. The van der Waals surface area contributed by atoms with E-state index in [9.17, 15) is 9.59 Å². The highest BCUT2D eigenvalue weighted by atomic mass is 79.9. The molecule has 0 saturated heterocycles. The summed E-state index contributed by atoms with van der Waals surface area (Å²) in [5, 5.41) is 5.57. The number of nitrogens with zero attached hydrogens (tertiary/aromatic N) is 1. The number of carbonyl (C=O) groups is 2. The van der Waals surface area contributed by atoms with Crippen molar-refractivity contribution in [1.29, 1.82) is 0 Å². The third-order valence-electron chi connectivity index (χ3n) is 5.21. The molecule has 0 aliphatic carbocycles. The van der Waals surface area contributed by atoms with E-state index in [0.717, 1.165) is 41.3 Å². The van der Waals surface area contributed by atoms with Gasteiger partial charge in [-0.05, 0) is 24.1 Å². The Morgan fingerprint density at radius 2 is 1.82 bits per heavy atom. The normalized spacial score (nSPS) is 11.6. The van der Waals surface area contributed by atoms with Gasteiger partial charge in [0.05, 0.1) is 12.6 Å². The number of carbonyl (C=O) groups excluding carboxylic acids is 2. The quantitative estimate of drug-likeness (QED) is 0.297. The maximum Gasteiger partial charge on any atom is 0.408 e. The molecule has 0 bridgehead atoms. The number of halogens is 1. The molecule has 180 valence electrons. The first-order chi connectivity index (χ1) is 16.5. The van der Waals surface area contributed by atoms with Crippen molar-refractivity contribution in [3.8, 4) is 11.3 Å². The summed E-state index contributed by atoms with van der Waals surface area (Å²) in [5.74, 6) is 0.650. The molecule has 2 amide bonds. The Kier molecular flexibility index (Phi) is 10.2. The van der Waals surface area contributed by atoms with Gasteiger partial charge in [-0.15, -0.1) is 0 Å². The number of amides is 2. The summed E-state index contributed by atoms with van der Waals surface area (Å²) < 4.78 is 12.1. The minimum Gasteiger partial charge on any atom is -0.445 e. The van der Waals surface area contributed by atoms with Gasteiger partial charge in [0.15, 0.2) is 11.7 Å². The van der Waals surface area contributed by atoms with E-state index >= 15 is 0 Å². The Labute approximate surface area is 208 Å². The van der Waals surface area contributed by atoms with Gasteiger partial charge in [0.25, 0.3) is 0 Å². The average Bonchev–Trinajstić information content (AvgIpc) is 3.32. The van der Waals surface area contributed by atoms with Crippen LogP contribution >= 0.6 is 15.9 Å². The van der Waals surface area contributed by atoms with Gasteiger partial charge in [-0.2, -0.15) is 0 Å². The second kappa shape index (κ2) is 13.5. The van der Waals surface area contributed by atoms with Gasteiger partial charge in [0.1, 0.15) is 12.6 Å². The van der Waals surface area contributed by atoms with Crippen LogP contribution in [0.3, 0.4) is 0 Å². The van der Waals surface area contributed by atoms with Crippen molar-refractivity contribution in [3.63, 3.8) is 0 Å². The van der Waals surface area contributed by atoms with Crippen LogP contribution in [-0.2, 0) is 22.6 Å². The van der Waals surface area contributed by atoms with Crippen LogP contribution in [0, 0.1) is 0 Å². The van der Waals surface area contributed by atoms with Crippen molar-refractivity contribution in [3.05, 3.63) is 76.7 Å². The van der Waals surface area contributed by atoms with Crippen molar-refractivity contribution < 1.29 is 18.7 Å². The molecule has 0 unspecified atom stereocenters. The van der Waals surface area contributed by atoms with Gasteiger partial charge >= 0.3 is 6.09 Å². The summed E-state index contributed by atoms with van der Waals surface area (Å²) in [5.41, 5.74) is 1.73. The highest BCUT2D eigenvalue weighted by Crippen LogP contribution is 2.23. The maximum atomic E-state index is 12.8. The van der Waals surface area contributed by atoms with E-state index in [1.807, 2.05) is 54.6 Å². The summed E-state index contributed by atoms with van der Waals surface area (Å²) in [4.78, 5) is 29.6.